The molecule has 0 amide bonds. The van der Waals surface area contributed by atoms with Crippen molar-refractivity contribution in [3.05, 3.63) is 47.6 Å². The van der Waals surface area contributed by atoms with Crippen LogP contribution < -0.4 is 0 Å². The molecule has 2 heteroatoms. The fourth-order valence-corrected chi connectivity index (χ4v) is 7.51. The third-order valence-electron chi connectivity index (χ3n) is 9.00. The molecule has 0 unspecified atom stereocenters. The molecule has 0 aromatic rings. The van der Waals surface area contributed by atoms with Crippen molar-refractivity contribution in [2.75, 3.05) is 0 Å². The van der Waals surface area contributed by atoms with E-state index in [9.17, 15) is 0 Å². The molecule has 168 valence electrons. The molecule has 4 atom stereocenters. The summed E-state index contributed by atoms with van der Waals surface area (Å²) in [5.41, 5.74) is 6.25. The highest BCUT2D eigenvalue weighted by Crippen LogP contribution is 2.59. The maximum Gasteiger partial charge on any atom is 0.192 e. The molecule has 1 nitrogen and oxygen atoms in total. The van der Waals surface area contributed by atoms with Gasteiger partial charge in [0.15, 0.2) is 8.32 Å². The zero-order valence-electron chi connectivity index (χ0n) is 20.9. The van der Waals surface area contributed by atoms with E-state index in [1.807, 2.05) is 0 Å². The van der Waals surface area contributed by atoms with Gasteiger partial charge in [-0.25, -0.2) is 0 Å². The predicted octanol–water partition coefficient (Wildman–Crippen LogP) is 8.76. The first-order chi connectivity index (χ1) is 13.8. The average Bonchev–Trinajstić information content (AvgIpc) is 2.98. The van der Waals surface area contributed by atoms with E-state index in [-0.39, 0.29) is 5.04 Å². The van der Waals surface area contributed by atoms with Crippen LogP contribution in [-0.4, -0.2) is 14.4 Å². The van der Waals surface area contributed by atoms with E-state index in [0.717, 1.165) is 25.2 Å². The molecular weight excluding hydrogens is 380 g/mol. The molecule has 3 aliphatic carbocycles. The molecule has 0 aromatic heterocycles. The minimum Gasteiger partial charge on any atom is -0.414 e. The van der Waals surface area contributed by atoms with Gasteiger partial charge in [-0.15, -0.1) is 0 Å². The quantitative estimate of drug-likeness (QED) is 0.322. The Morgan fingerprint density at radius 1 is 1.13 bits per heavy atom. The van der Waals surface area contributed by atoms with Gasteiger partial charge in [-0.3, -0.25) is 0 Å². The SMILES string of the molecule is C=C1CC[C@H](O[Si](C)(C)C(C)(C)C)C/C1=C\C=C1/CCC[C@]2(C)[C@@H](C(=C)C)CC[C@@H]12. The minimum absolute atomic E-state index is 0.266. The number of fused-ring (bicyclic) bond motifs is 1. The topological polar surface area (TPSA) is 9.23 Å². The maximum absolute atomic E-state index is 6.77. The van der Waals surface area contributed by atoms with Gasteiger partial charge in [0.25, 0.3) is 0 Å². The van der Waals surface area contributed by atoms with Crippen molar-refractivity contribution < 1.29 is 4.43 Å². The fraction of sp³-hybridized carbons (Fsp3) is 0.714. The summed E-state index contributed by atoms with van der Waals surface area (Å²) in [6.45, 7) is 25.3. The summed E-state index contributed by atoms with van der Waals surface area (Å²) in [4.78, 5) is 0. The van der Waals surface area contributed by atoms with Gasteiger partial charge in [0.1, 0.15) is 0 Å². The lowest BCUT2D eigenvalue weighted by Gasteiger charge is -2.42. The molecule has 0 N–H and O–H groups in total. The monoisotopic (exact) mass is 426 g/mol. The first kappa shape index (κ1) is 23.8. The number of allylic oxidation sites excluding steroid dienone is 5. The summed E-state index contributed by atoms with van der Waals surface area (Å²) in [6.07, 6.45) is 15.1. The molecule has 0 radical (unpaired) electrons. The van der Waals surface area contributed by atoms with Crippen molar-refractivity contribution in [2.45, 2.75) is 110 Å². The lowest BCUT2D eigenvalue weighted by atomic mass is 9.62. The first-order valence-electron chi connectivity index (χ1n) is 12.3. The summed E-state index contributed by atoms with van der Waals surface area (Å²) in [5, 5.41) is 0.266. The third kappa shape index (κ3) is 4.65. The van der Waals surface area contributed by atoms with Gasteiger partial charge in [0.2, 0.25) is 0 Å². The van der Waals surface area contributed by atoms with Crippen LogP contribution in [0.2, 0.25) is 18.1 Å². The number of hydrogen-bond donors (Lipinski definition) is 0. The van der Waals surface area contributed by atoms with Crippen LogP contribution in [0.4, 0.5) is 0 Å². The van der Waals surface area contributed by atoms with Gasteiger partial charge in [-0.1, -0.05) is 69.7 Å². The summed E-state index contributed by atoms with van der Waals surface area (Å²) < 4.78 is 6.77. The Morgan fingerprint density at radius 2 is 1.83 bits per heavy atom. The summed E-state index contributed by atoms with van der Waals surface area (Å²) in [5.74, 6) is 1.44. The van der Waals surface area contributed by atoms with Crippen molar-refractivity contribution in [3.8, 4) is 0 Å². The van der Waals surface area contributed by atoms with Crippen molar-refractivity contribution >= 4 is 8.32 Å². The zero-order valence-corrected chi connectivity index (χ0v) is 21.9. The number of hydrogen-bond acceptors (Lipinski definition) is 1. The first-order valence-corrected chi connectivity index (χ1v) is 15.2. The molecule has 0 aromatic carbocycles. The Labute approximate surface area is 187 Å². The van der Waals surface area contributed by atoms with Crippen LogP contribution in [-0.2, 0) is 4.43 Å². The smallest absolute Gasteiger partial charge is 0.192 e. The third-order valence-corrected chi connectivity index (χ3v) is 13.5. The predicted molar refractivity (Wildman–Crippen MR) is 134 cm³/mol. The van der Waals surface area contributed by atoms with Crippen molar-refractivity contribution in [3.63, 3.8) is 0 Å². The molecule has 3 fully saturated rings. The van der Waals surface area contributed by atoms with Gasteiger partial charge >= 0.3 is 0 Å². The highest BCUT2D eigenvalue weighted by Gasteiger charge is 2.49. The molecule has 0 spiro atoms. The van der Waals surface area contributed by atoms with E-state index >= 15 is 0 Å². The van der Waals surface area contributed by atoms with Gasteiger partial charge in [0.05, 0.1) is 0 Å². The average molecular weight is 427 g/mol. The largest absolute Gasteiger partial charge is 0.414 e. The Balaban J connectivity index is 1.76. The van der Waals surface area contributed by atoms with E-state index in [4.69, 9.17) is 4.43 Å². The summed E-state index contributed by atoms with van der Waals surface area (Å²) >= 11 is 0. The molecule has 30 heavy (non-hydrogen) atoms. The van der Waals surface area contributed by atoms with Crippen LogP contribution >= 0.6 is 0 Å². The van der Waals surface area contributed by atoms with Gasteiger partial charge in [-0.2, -0.15) is 0 Å². The zero-order chi connectivity index (χ0) is 22.3. The maximum atomic E-state index is 6.77. The Kier molecular flexibility index (Phi) is 6.81. The minimum atomic E-state index is -1.73. The van der Waals surface area contributed by atoms with Crippen molar-refractivity contribution in [1.29, 1.82) is 0 Å². The molecular formula is C28H46OSi. The summed E-state index contributed by atoms with van der Waals surface area (Å²) in [7, 11) is -1.73. The van der Waals surface area contributed by atoms with Crippen molar-refractivity contribution in [1.82, 2.24) is 0 Å². The highest BCUT2D eigenvalue weighted by atomic mass is 28.4. The van der Waals surface area contributed by atoms with E-state index in [2.05, 4.69) is 73.0 Å². The van der Waals surface area contributed by atoms with Gasteiger partial charge < -0.3 is 4.43 Å². The molecule has 3 aliphatic rings. The van der Waals surface area contributed by atoms with Crippen LogP contribution in [0, 0.1) is 17.3 Å². The second-order valence-corrected chi connectivity index (χ2v) is 16.9. The standard InChI is InChI=1S/C28H46OSi/c1-20(2)25-16-17-26-22(11-10-18-28(25,26)7)13-14-23-19-24(15-12-21(23)3)29-30(8,9)27(4,5)6/h13-14,24-26H,1,3,10-12,15-19H2,2,4-9H3/b22-13+,23-14+/t24-,25+,26-,28+/m0/s1. The van der Waals surface area contributed by atoms with Crippen molar-refractivity contribution in [2.24, 2.45) is 17.3 Å². The Morgan fingerprint density at radius 3 is 2.47 bits per heavy atom. The molecule has 3 saturated carbocycles. The van der Waals surface area contributed by atoms with E-state index in [1.54, 1.807) is 5.57 Å². The highest BCUT2D eigenvalue weighted by molar-refractivity contribution is 6.74. The summed E-state index contributed by atoms with van der Waals surface area (Å²) in [6, 6.07) is 0. The van der Waals surface area contributed by atoms with E-state index in [0.29, 0.717) is 17.4 Å². The second-order valence-electron chi connectivity index (χ2n) is 12.2. The Hall–Kier alpha value is -0.863. The number of rotatable bonds is 4. The second kappa shape index (κ2) is 8.58. The normalized spacial score (nSPS) is 35.7. The lowest BCUT2D eigenvalue weighted by Crippen LogP contribution is -2.44. The molecule has 0 aliphatic heterocycles. The molecule has 0 bridgehead atoms. The Bertz CT molecular complexity index is 747. The van der Waals surface area contributed by atoms with Crippen LogP contribution in [0.1, 0.15) is 86.0 Å². The van der Waals surface area contributed by atoms with Crippen LogP contribution in [0.25, 0.3) is 0 Å². The fourth-order valence-electron chi connectivity index (χ4n) is 6.12. The lowest BCUT2D eigenvalue weighted by molar-refractivity contribution is 0.156. The van der Waals surface area contributed by atoms with E-state index in [1.165, 1.54) is 48.8 Å². The van der Waals surface area contributed by atoms with E-state index < -0.39 is 8.32 Å². The molecule has 0 heterocycles. The van der Waals surface area contributed by atoms with Gasteiger partial charge in [-0.05, 0) is 99.2 Å². The van der Waals surface area contributed by atoms with Crippen LogP contribution in [0.3, 0.4) is 0 Å². The van der Waals surface area contributed by atoms with Crippen LogP contribution in [0.5, 0.6) is 0 Å². The van der Waals surface area contributed by atoms with Gasteiger partial charge in [0, 0.05) is 6.10 Å². The molecule has 3 rings (SSSR count). The molecule has 0 saturated heterocycles. The van der Waals surface area contributed by atoms with Crippen LogP contribution in [0.15, 0.2) is 47.6 Å².